The SMILES string of the molecule is COc1ccc(Cl)cc1-c1nc(CC#N)cn1C. The number of rotatable bonds is 3. The summed E-state index contributed by atoms with van der Waals surface area (Å²) in [5, 5.41) is 9.31. The van der Waals surface area contributed by atoms with Crippen molar-refractivity contribution < 1.29 is 4.74 Å². The van der Waals surface area contributed by atoms with Crippen LogP contribution in [0.1, 0.15) is 5.69 Å². The lowest BCUT2D eigenvalue weighted by atomic mass is 10.2. The zero-order valence-corrected chi connectivity index (χ0v) is 10.9. The molecule has 0 saturated heterocycles. The molecular formula is C13H12ClN3O. The number of imidazole rings is 1. The van der Waals surface area contributed by atoms with E-state index < -0.39 is 0 Å². The van der Waals surface area contributed by atoms with Crippen LogP contribution in [0.4, 0.5) is 0 Å². The second-order valence-electron chi connectivity index (χ2n) is 3.85. The summed E-state index contributed by atoms with van der Waals surface area (Å²) in [6, 6.07) is 7.46. The molecule has 1 aromatic carbocycles. The van der Waals surface area contributed by atoms with E-state index in [-0.39, 0.29) is 6.42 Å². The molecule has 0 aliphatic rings. The van der Waals surface area contributed by atoms with Crippen molar-refractivity contribution >= 4 is 11.6 Å². The molecule has 5 heteroatoms. The topological polar surface area (TPSA) is 50.8 Å². The van der Waals surface area contributed by atoms with E-state index in [1.807, 2.05) is 17.8 Å². The highest BCUT2D eigenvalue weighted by atomic mass is 35.5. The lowest BCUT2D eigenvalue weighted by Gasteiger charge is -2.08. The fourth-order valence-corrected chi connectivity index (χ4v) is 1.97. The third kappa shape index (κ3) is 2.31. The molecule has 92 valence electrons. The van der Waals surface area contributed by atoms with Crippen LogP contribution < -0.4 is 4.74 Å². The van der Waals surface area contributed by atoms with Crippen LogP contribution in [0.2, 0.25) is 5.02 Å². The van der Waals surface area contributed by atoms with Gasteiger partial charge in [-0.05, 0) is 18.2 Å². The van der Waals surface area contributed by atoms with Gasteiger partial charge in [0, 0.05) is 18.3 Å². The number of aryl methyl sites for hydroxylation is 1. The number of hydrogen-bond acceptors (Lipinski definition) is 3. The van der Waals surface area contributed by atoms with E-state index in [0.29, 0.717) is 10.8 Å². The van der Waals surface area contributed by atoms with Gasteiger partial charge in [0.05, 0.1) is 30.9 Å². The van der Waals surface area contributed by atoms with E-state index in [1.54, 1.807) is 25.3 Å². The van der Waals surface area contributed by atoms with Gasteiger partial charge in [-0.1, -0.05) is 11.6 Å². The van der Waals surface area contributed by atoms with Crippen LogP contribution in [0.25, 0.3) is 11.4 Å². The first-order valence-corrected chi connectivity index (χ1v) is 5.76. The third-order valence-corrected chi connectivity index (χ3v) is 2.82. The zero-order chi connectivity index (χ0) is 13.1. The highest BCUT2D eigenvalue weighted by molar-refractivity contribution is 6.30. The lowest BCUT2D eigenvalue weighted by Crippen LogP contribution is -1.94. The second kappa shape index (κ2) is 5.11. The molecule has 0 N–H and O–H groups in total. The molecule has 0 saturated carbocycles. The Morgan fingerprint density at radius 3 is 2.94 bits per heavy atom. The van der Waals surface area contributed by atoms with Crippen LogP contribution >= 0.6 is 11.6 Å². The number of aromatic nitrogens is 2. The molecule has 1 aromatic heterocycles. The fourth-order valence-electron chi connectivity index (χ4n) is 1.80. The minimum Gasteiger partial charge on any atom is -0.496 e. The maximum Gasteiger partial charge on any atom is 0.143 e. The highest BCUT2D eigenvalue weighted by Gasteiger charge is 2.13. The molecule has 0 amide bonds. The Hall–Kier alpha value is -1.99. The third-order valence-electron chi connectivity index (χ3n) is 2.59. The standard InChI is InChI=1S/C13H12ClN3O/c1-17-8-10(5-6-15)16-13(17)11-7-9(14)3-4-12(11)18-2/h3-4,7-8H,5H2,1-2H3. The van der Waals surface area contributed by atoms with Crippen molar-refractivity contribution in [2.45, 2.75) is 6.42 Å². The Kier molecular flexibility index (Phi) is 3.54. The van der Waals surface area contributed by atoms with Gasteiger partial charge in [-0.25, -0.2) is 4.98 Å². The predicted octanol–water partition coefficient (Wildman–Crippen LogP) is 2.82. The molecule has 0 aliphatic carbocycles. The van der Waals surface area contributed by atoms with Crippen molar-refractivity contribution in [3.05, 3.63) is 35.1 Å². The normalized spacial score (nSPS) is 10.1. The van der Waals surface area contributed by atoms with Gasteiger partial charge in [-0.15, -0.1) is 0 Å². The molecule has 0 spiro atoms. The number of nitrogens with zero attached hydrogens (tertiary/aromatic N) is 3. The maximum absolute atomic E-state index is 8.69. The highest BCUT2D eigenvalue weighted by Crippen LogP contribution is 2.31. The Bertz CT molecular complexity index is 613. The molecule has 1 heterocycles. The summed E-state index contributed by atoms with van der Waals surface area (Å²) in [6.07, 6.45) is 2.12. The van der Waals surface area contributed by atoms with Crippen molar-refractivity contribution in [1.29, 1.82) is 5.26 Å². The number of benzene rings is 1. The van der Waals surface area contributed by atoms with E-state index in [9.17, 15) is 0 Å². The van der Waals surface area contributed by atoms with Gasteiger partial charge in [0.15, 0.2) is 0 Å². The maximum atomic E-state index is 8.69. The fraction of sp³-hybridized carbons (Fsp3) is 0.231. The van der Waals surface area contributed by atoms with Gasteiger partial charge in [-0.2, -0.15) is 5.26 Å². The van der Waals surface area contributed by atoms with Gasteiger partial charge < -0.3 is 9.30 Å². The summed E-state index contributed by atoms with van der Waals surface area (Å²) in [5.74, 6) is 1.44. The van der Waals surface area contributed by atoms with Gasteiger partial charge in [0.2, 0.25) is 0 Å². The number of hydrogen-bond donors (Lipinski definition) is 0. The summed E-state index contributed by atoms with van der Waals surface area (Å²) < 4.78 is 7.16. The van der Waals surface area contributed by atoms with Gasteiger partial charge in [0.25, 0.3) is 0 Å². The number of nitriles is 1. The zero-order valence-electron chi connectivity index (χ0n) is 10.1. The Labute approximate surface area is 110 Å². The molecule has 18 heavy (non-hydrogen) atoms. The van der Waals surface area contributed by atoms with Crippen LogP contribution in [-0.2, 0) is 13.5 Å². The number of halogens is 1. The van der Waals surface area contributed by atoms with Crippen molar-refractivity contribution in [1.82, 2.24) is 9.55 Å². The van der Waals surface area contributed by atoms with Crippen LogP contribution in [0.15, 0.2) is 24.4 Å². The average Bonchev–Trinajstić information content (AvgIpc) is 2.70. The monoisotopic (exact) mass is 261 g/mol. The van der Waals surface area contributed by atoms with Crippen molar-refractivity contribution in [3.8, 4) is 23.2 Å². The van der Waals surface area contributed by atoms with E-state index in [2.05, 4.69) is 11.1 Å². The van der Waals surface area contributed by atoms with Crippen LogP contribution in [0.5, 0.6) is 5.75 Å². The van der Waals surface area contributed by atoms with E-state index in [4.69, 9.17) is 21.6 Å². The van der Waals surface area contributed by atoms with Crippen LogP contribution in [0.3, 0.4) is 0 Å². The molecule has 0 radical (unpaired) electrons. The first-order valence-electron chi connectivity index (χ1n) is 5.39. The van der Waals surface area contributed by atoms with Gasteiger partial charge in [-0.3, -0.25) is 0 Å². The molecule has 4 nitrogen and oxygen atoms in total. The average molecular weight is 262 g/mol. The Balaban J connectivity index is 2.54. The molecule has 0 fully saturated rings. The minimum absolute atomic E-state index is 0.288. The molecule has 0 unspecified atom stereocenters. The largest absolute Gasteiger partial charge is 0.496 e. The van der Waals surface area contributed by atoms with E-state index >= 15 is 0 Å². The number of methoxy groups -OCH3 is 1. The van der Waals surface area contributed by atoms with E-state index in [0.717, 1.165) is 17.1 Å². The van der Waals surface area contributed by atoms with Crippen LogP contribution in [0, 0.1) is 11.3 Å². The quantitative estimate of drug-likeness (QED) is 0.854. The first-order chi connectivity index (χ1) is 8.65. The molecular weight excluding hydrogens is 250 g/mol. The first kappa shape index (κ1) is 12.5. The predicted molar refractivity (Wildman–Crippen MR) is 69.5 cm³/mol. The second-order valence-corrected chi connectivity index (χ2v) is 4.28. The summed E-state index contributed by atoms with van der Waals surface area (Å²) >= 11 is 6.00. The Morgan fingerprint density at radius 1 is 1.50 bits per heavy atom. The summed E-state index contributed by atoms with van der Waals surface area (Å²) in [7, 11) is 3.48. The molecule has 0 aliphatic heterocycles. The molecule has 2 aromatic rings. The van der Waals surface area contributed by atoms with E-state index in [1.165, 1.54) is 0 Å². The van der Waals surface area contributed by atoms with Gasteiger partial charge in [0.1, 0.15) is 11.6 Å². The summed E-state index contributed by atoms with van der Waals surface area (Å²) in [5.41, 5.74) is 1.55. The molecule has 0 bridgehead atoms. The summed E-state index contributed by atoms with van der Waals surface area (Å²) in [6.45, 7) is 0. The Morgan fingerprint density at radius 2 is 2.28 bits per heavy atom. The number of ether oxygens (including phenoxy) is 1. The van der Waals surface area contributed by atoms with Crippen LogP contribution in [-0.4, -0.2) is 16.7 Å². The lowest BCUT2D eigenvalue weighted by molar-refractivity contribution is 0.416. The van der Waals surface area contributed by atoms with Crippen molar-refractivity contribution in [3.63, 3.8) is 0 Å². The minimum atomic E-state index is 0.288. The summed E-state index contributed by atoms with van der Waals surface area (Å²) in [4.78, 5) is 4.42. The smallest absolute Gasteiger partial charge is 0.143 e. The van der Waals surface area contributed by atoms with Crippen molar-refractivity contribution in [2.75, 3.05) is 7.11 Å². The molecule has 2 rings (SSSR count). The van der Waals surface area contributed by atoms with Crippen molar-refractivity contribution in [2.24, 2.45) is 7.05 Å². The molecule has 0 atom stereocenters. The van der Waals surface area contributed by atoms with Gasteiger partial charge >= 0.3 is 0 Å².